The van der Waals surface area contributed by atoms with Crippen LogP contribution in [0.1, 0.15) is 303 Å². The van der Waals surface area contributed by atoms with E-state index in [1.807, 2.05) is 12.1 Å². The summed E-state index contributed by atoms with van der Waals surface area (Å²) in [5.41, 5.74) is 2.27. The second kappa shape index (κ2) is 54.6. The third kappa shape index (κ3) is 39.5. The Kier molecular flexibility index (Phi) is 49.9. The van der Waals surface area contributed by atoms with Crippen LogP contribution in [0.15, 0.2) is 24.3 Å². The fourth-order valence-electron chi connectivity index (χ4n) is 12.6. The zero-order chi connectivity index (χ0) is 70.9. The average Bonchev–Trinajstić information content (AvgIpc) is 3.39. The lowest BCUT2D eigenvalue weighted by atomic mass is 9.87. The van der Waals surface area contributed by atoms with Gasteiger partial charge in [0.1, 0.15) is 13.2 Å². The van der Waals surface area contributed by atoms with E-state index in [0.29, 0.717) is 64.1 Å². The smallest absolute Gasteiger partial charge is 0.311 e. The highest BCUT2D eigenvalue weighted by molar-refractivity contribution is 5.75. The quantitative estimate of drug-likeness (QED) is 0.0223. The molecule has 0 saturated heterocycles. The molecule has 96 heavy (non-hydrogen) atoms. The molecule has 0 aromatic heterocycles. The molecule has 556 valence electrons. The van der Waals surface area contributed by atoms with Crippen molar-refractivity contribution < 1.29 is 92.9 Å². The van der Waals surface area contributed by atoms with Gasteiger partial charge in [0.15, 0.2) is 0 Å². The third-order valence-corrected chi connectivity index (χ3v) is 19.5. The summed E-state index contributed by atoms with van der Waals surface area (Å²) in [7, 11) is 0. The molecule has 0 heterocycles. The van der Waals surface area contributed by atoms with Crippen molar-refractivity contribution in [3.63, 3.8) is 0 Å². The minimum Gasteiger partial charge on any atom is -0.465 e. The average molecular weight is 1360 g/mol. The Morgan fingerprint density at radius 1 is 0.385 bits per heavy atom. The van der Waals surface area contributed by atoms with Crippen LogP contribution < -0.4 is 0 Å². The van der Waals surface area contributed by atoms with Gasteiger partial charge in [0.2, 0.25) is 0 Å². The summed E-state index contributed by atoms with van der Waals surface area (Å²) in [5.74, 6) is -0.405. The van der Waals surface area contributed by atoms with Gasteiger partial charge in [-0.3, -0.25) is 28.8 Å². The number of benzene rings is 1. The minimum absolute atomic E-state index is 0.0251. The number of aliphatic hydroxyl groups is 7. The topological polar surface area (TPSA) is 299 Å². The maximum atomic E-state index is 12.0. The highest BCUT2D eigenvalue weighted by Crippen LogP contribution is 2.31. The second-order valence-electron chi connectivity index (χ2n) is 28.0. The van der Waals surface area contributed by atoms with Gasteiger partial charge in [0, 0.05) is 0 Å². The molecule has 7 rings (SSSR count). The number of hydrogen-bond acceptors (Lipinski definition) is 19. The summed E-state index contributed by atoms with van der Waals surface area (Å²) in [5, 5.41) is 65.1. The van der Waals surface area contributed by atoms with Crippen LogP contribution >= 0.6 is 0 Å². The summed E-state index contributed by atoms with van der Waals surface area (Å²) in [4.78, 5) is 69.8. The molecular formula is C77H134O19. The standard InChI is InChI=1S/C17H24O3.C15H28O3.C13H24O3.C12H22O3.C11H20O3.C9H16O4/c1-12(2)14-9-7-13(8-10-14)11-20-17(19)15-5-3-4-6-16(15)18;1-3-5-6-12(4-2)11-18-15(17)13-7-9-14(16)10-8-13;1-2-3-4-5-10-16-13(15)11-6-8-12(14)9-7-11;1-2-3-4-9-15-12(14)10-5-7-11(13)8-6-10;1-2-3-8-14-11(13)9-4-6-10(12)7-5-9;10-5-6-13-9(12)7-3-1-2-4-8(7)11/h7-10,12,15-16,18H,3-6,11H2,1-2H3;12-14,16H,3-11H2,1-2H3;11-12,14H,2-10H2,1H3;10-11,13H,2-9H2,1H3;9-10,12H,2-8H2,1H3;7-8,10-11H,1-6H2. The van der Waals surface area contributed by atoms with E-state index in [1.165, 1.54) is 31.2 Å². The Hall–Kier alpha value is -4.24. The number of unbranched alkanes of at least 4 members (excludes halogenated alkanes) is 7. The number of ether oxygens (including phenoxy) is 6. The van der Waals surface area contributed by atoms with Gasteiger partial charge in [-0.25, -0.2) is 0 Å². The fourth-order valence-corrected chi connectivity index (χ4v) is 12.6. The maximum Gasteiger partial charge on any atom is 0.311 e. The van der Waals surface area contributed by atoms with Crippen LogP contribution in [0, 0.1) is 41.4 Å². The molecule has 6 aliphatic carbocycles. The number of carbonyl (C=O) groups excluding carboxylic acids is 6. The number of carbonyl (C=O) groups is 6. The van der Waals surface area contributed by atoms with Crippen LogP contribution in [-0.2, 0) is 63.8 Å². The number of aliphatic hydroxyl groups excluding tert-OH is 7. The predicted octanol–water partition coefficient (Wildman–Crippen LogP) is 13.6. The third-order valence-electron chi connectivity index (χ3n) is 19.5. The fraction of sp³-hybridized carbons (Fsp3) is 0.844. The first-order chi connectivity index (χ1) is 46.2. The molecule has 6 fully saturated rings. The summed E-state index contributed by atoms with van der Waals surface area (Å²) in [6.07, 6.45) is 31.6. The molecular weight excluding hydrogens is 1230 g/mol. The molecule has 6 aliphatic rings. The van der Waals surface area contributed by atoms with E-state index in [2.05, 4.69) is 60.6 Å². The van der Waals surface area contributed by atoms with Crippen molar-refractivity contribution in [1.82, 2.24) is 0 Å². The lowest BCUT2D eigenvalue weighted by Crippen LogP contribution is -2.33. The van der Waals surface area contributed by atoms with Crippen molar-refractivity contribution >= 4 is 35.8 Å². The SMILES string of the molecule is CC(C)c1ccc(COC(=O)C2CCCCC2O)cc1.CCCCC(CC)COC(=O)C1CCC(O)CC1.CCCCCCOC(=O)C1CCC(O)CC1.CCCCCOC(=O)C1CCC(O)CC1.CCCCOC(=O)C1CCC(O)CC1.O=C(OCCO)C1CCCCC1O. The van der Waals surface area contributed by atoms with Gasteiger partial charge >= 0.3 is 35.8 Å². The molecule has 0 aliphatic heterocycles. The van der Waals surface area contributed by atoms with E-state index in [4.69, 9.17) is 33.5 Å². The first-order valence-corrected chi connectivity index (χ1v) is 38.0. The lowest BCUT2D eigenvalue weighted by Gasteiger charge is -2.25. The molecule has 19 nitrogen and oxygen atoms in total. The van der Waals surface area contributed by atoms with E-state index >= 15 is 0 Å². The van der Waals surface area contributed by atoms with Gasteiger partial charge in [-0.2, -0.15) is 0 Å². The Morgan fingerprint density at radius 2 is 0.729 bits per heavy atom. The summed E-state index contributed by atoms with van der Waals surface area (Å²) < 4.78 is 31.1. The Morgan fingerprint density at radius 3 is 1.09 bits per heavy atom. The Balaban J connectivity index is 0.000000394. The zero-order valence-electron chi connectivity index (χ0n) is 60.5. The Bertz CT molecular complexity index is 2140. The molecule has 0 spiro atoms. The van der Waals surface area contributed by atoms with E-state index in [1.54, 1.807) is 0 Å². The summed E-state index contributed by atoms with van der Waals surface area (Å²) in [6.45, 7) is 17.4. The lowest BCUT2D eigenvalue weighted by molar-refractivity contribution is -0.156. The largest absolute Gasteiger partial charge is 0.465 e. The molecule has 7 N–H and O–H groups in total. The first-order valence-electron chi connectivity index (χ1n) is 38.0. The Labute approximate surface area is 578 Å². The van der Waals surface area contributed by atoms with Crippen LogP contribution in [0.2, 0.25) is 0 Å². The normalized spacial score (nSPS) is 25.7. The van der Waals surface area contributed by atoms with Crippen molar-refractivity contribution in [2.45, 2.75) is 335 Å². The highest BCUT2D eigenvalue weighted by Gasteiger charge is 2.33. The van der Waals surface area contributed by atoms with Crippen LogP contribution in [0.3, 0.4) is 0 Å². The van der Waals surface area contributed by atoms with Crippen molar-refractivity contribution in [3.8, 4) is 0 Å². The van der Waals surface area contributed by atoms with Gasteiger partial charge < -0.3 is 64.2 Å². The predicted molar refractivity (Wildman–Crippen MR) is 372 cm³/mol. The van der Waals surface area contributed by atoms with E-state index < -0.39 is 12.2 Å². The molecule has 5 atom stereocenters. The van der Waals surface area contributed by atoms with Crippen LogP contribution in [0.5, 0.6) is 0 Å². The van der Waals surface area contributed by atoms with Crippen molar-refractivity contribution in [2.24, 2.45) is 41.4 Å². The number of rotatable bonds is 29. The van der Waals surface area contributed by atoms with E-state index in [0.717, 1.165) is 198 Å². The summed E-state index contributed by atoms with van der Waals surface area (Å²) >= 11 is 0. The van der Waals surface area contributed by atoms with Crippen molar-refractivity contribution in [3.05, 3.63) is 35.4 Å². The molecule has 0 bridgehead atoms. The van der Waals surface area contributed by atoms with Crippen LogP contribution in [0.25, 0.3) is 0 Å². The van der Waals surface area contributed by atoms with E-state index in [9.17, 15) is 59.4 Å². The van der Waals surface area contributed by atoms with E-state index in [-0.39, 0.29) is 109 Å². The van der Waals surface area contributed by atoms with Crippen molar-refractivity contribution in [1.29, 1.82) is 0 Å². The summed E-state index contributed by atoms with van der Waals surface area (Å²) in [6, 6.07) is 8.15. The molecule has 0 radical (unpaired) electrons. The molecule has 1 aromatic carbocycles. The molecule has 0 amide bonds. The highest BCUT2D eigenvalue weighted by atomic mass is 16.6. The number of esters is 6. The second-order valence-corrected chi connectivity index (χ2v) is 28.0. The molecule has 1 aromatic rings. The molecule has 5 unspecified atom stereocenters. The van der Waals surface area contributed by atoms with Crippen LogP contribution in [-0.4, -0.2) is 148 Å². The van der Waals surface area contributed by atoms with Gasteiger partial charge in [0.05, 0.1) is 105 Å². The number of hydrogen-bond donors (Lipinski definition) is 7. The zero-order valence-corrected chi connectivity index (χ0v) is 60.5. The van der Waals surface area contributed by atoms with Gasteiger partial charge in [-0.15, -0.1) is 0 Å². The van der Waals surface area contributed by atoms with Gasteiger partial charge in [-0.05, 0) is 177 Å². The van der Waals surface area contributed by atoms with Crippen LogP contribution in [0.4, 0.5) is 0 Å². The van der Waals surface area contributed by atoms with Crippen molar-refractivity contribution in [2.75, 3.05) is 39.6 Å². The molecule has 6 saturated carbocycles. The molecule has 19 heteroatoms. The minimum atomic E-state index is -0.556. The van der Waals surface area contributed by atoms with Gasteiger partial charge in [0.25, 0.3) is 0 Å². The first kappa shape index (κ1) is 87.8. The van der Waals surface area contributed by atoms with Gasteiger partial charge in [-0.1, -0.05) is 156 Å². The monoisotopic (exact) mass is 1360 g/mol. The maximum absolute atomic E-state index is 12.0.